The monoisotopic (exact) mass is 486 g/mol. The summed E-state index contributed by atoms with van der Waals surface area (Å²) >= 11 is 12.0. The van der Waals surface area contributed by atoms with Gasteiger partial charge in [-0.3, -0.25) is 9.79 Å². The van der Waals surface area contributed by atoms with E-state index in [9.17, 15) is 4.79 Å². The number of guanidine groups is 1. The molecule has 1 aromatic carbocycles. The van der Waals surface area contributed by atoms with Gasteiger partial charge < -0.3 is 15.5 Å². The maximum absolute atomic E-state index is 11.5. The molecule has 1 aromatic rings. The number of benzene rings is 1. The van der Waals surface area contributed by atoms with Gasteiger partial charge in [-0.25, -0.2) is 0 Å². The molecule has 0 aliphatic rings. The van der Waals surface area contributed by atoms with Crippen molar-refractivity contribution in [3.63, 3.8) is 0 Å². The standard InChI is InChI=1S/C16H24Cl2N4O.HI/c1-11(2)15(23)20-7-8-21-16(19-3)22(4)10-12-5-6-13(17)14(18)9-12;/h5-6,9,11H,7-8,10H2,1-4H3,(H,19,21)(H,20,23);1H. The number of aliphatic imine (C=N–C) groups is 1. The van der Waals surface area contributed by atoms with Crippen molar-refractivity contribution in [2.75, 3.05) is 27.2 Å². The zero-order chi connectivity index (χ0) is 17.4. The van der Waals surface area contributed by atoms with E-state index in [0.29, 0.717) is 29.7 Å². The van der Waals surface area contributed by atoms with Crippen molar-refractivity contribution in [2.24, 2.45) is 10.9 Å². The van der Waals surface area contributed by atoms with Gasteiger partial charge >= 0.3 is 0 Å². The van der Waals surface area contributed by atoms with Crippen LogP contribution in [0.25, 0.3) is 0 Å². The zero-order valence-corrected chi connectivity index (χ0v) is 18.2. The Bertz CT molecular complexity index is 567. The Balaban J connectivity index is 0.00000529. The SMILES string of the molecule is CN=C(NCCNC(=O)C(C)C)N(C)Cc1ccc(Cl)c(Cl)c1.I. The lowest BCUT2D eigenvalue weighted by molar-refractivity contribution is -0.123. The minimum atomic E-state index is -0.00774. The number of carbonyl (C=O) groups is 1. The highest BCUT2D eigenvalue weighted by atomic mass is 127. The molecule has 0 atom stereocenters. The lowest BCUT2D eigenvalue weighted by Crippen LogP contribution is -2.42. The molecule has 0 spiro atoms. The van der Waals surface area contributed by atoms with Crippen molar-refractivity contribution in [3.05, 3.63) is 33.8 Å². The predicted molar refractivity (Wildman–Crippen MR) is 113 cm³/mol. The average Bonchev–Trinajstić information content (AvgIpc) is 2.50. The molecule has 2 N–H and O–H groups in total. The molecule has 0 aliphatic carbocycles. The quantitative estimate of drug-likeness (QED) is 0.280. The Morgan fingerprint density at radius 2 is 1.83 bits per heavy atom. The average molecular weight is 487 g/mol. The molecule has 0 aliphatic heterocycles. The fourth-order valence-electron chi connectivity index (χ4n) is 1.94. The van der Waals surface area contributed by atoms with Crippen LogP contribution in [-0.4, -0.2) is 44.0 Å². The Hall–Kier alpha value is -0.730. The molecule has 0 aromatic heterocycles. The van der Waals surface area contributed by atoms with Crippen LogP contribution in [0.5, 0.6) is 0 Å². The number of amides is 1. The fourth-order valence-corrected chi connectivity index (χ4v) is 2.26. The van der Waals surface area contributed by atoms with Crippen molar-refractivity contribution in [3.8, 4) is 0 Å². The van der Waals surface area contributed by atoms with Gasteiger partial charge in [0, 0.05) is 39.6 Å². The number of hydrogen-bond donors (Lipinski definition) is 2. The minimum absolute atomic E-state index is 0. The van der Waals surface area contributed by atoms with Crippen LogP contribution in [0.3, 0.4) is 0 Å². The summed E-state index contributed by atoms with van der Waals surface area (Å²) in [5.74, 6) is 0.785. The maximum atomic E-state index is 11.5. The number of halogens is 3. The molecule has 0 saturated carbocycles. The molecule has 0 unspecified atom stereocenters. The smallest absolute Gasteiger partial charge is 0.222 e. The summed E-state index contributed by atoms with van der Waals surface area (Å²) < 4.78 is 0. The first-order valence-electron chi connectivity index (χ1n) is 7.48. The first-order chi connectivity index (χ1) is 10.8. The third kappa shape index (κ3) is 7.90. The molecule has 0 radical (unpaired) electrons. The van der Waals surface area contributed by atoms with Gasteiger partial charge in [-0.15, -0.1) is 24.0 Å². The predicted octanol–water partition coefficient (Wildman–Crippen LogP) is 3.39. The molecule has 5 nitrogen and oxygen atoms in total. The van der Waals surface area contributed by atoms with E-state index in [1.807, 2.05) is 37.9 Å². The van der Waals surface area contributed by atoms with E-state index in [-0.39, 0.29) is 35.8 Å². The van der Waals surface area contributed by atoms with Crippen molar-refractivity contribution < 1.29 is 4.79 Å². The molecule has 0 bridgehead atoms. The van der Waals surface area contributed by atoms with Crippen LogP contribution >= 0.6 is 47.2 Å². The van der Waals surface area contributed by atoms with E-state index in [1.165, 1.54) is 0 Å². The minimum Gasteiger partial charge on any atom is -0.354 e. The van der Waals surface area contributed by atoms with Crippen LogP contribution in [0.1, 0.15) is 19.4 Å². The van der Waals surface area contributed by atoms with Gasteiger partial charge in [0.25, 0.3) is 0 Å². The summed E-state index contributed by atoms with van der Waals surface area (Å²) in [4.78, 5) is 17.7. The lowest BCUT2D eigenvalue weighted by atomic mass is 10.2. The van der Waals surface area contributed by atoms with Gasteiger partial charge in [-0.1, -0.05) is 43.1 Å². The fraction of sp³-hybridized carbons (Fsp3) is 0.500. The van der Waals surface area contributed by atoms with E-state index < -0.39 is 0 Å². The van der Waals surface area contributed by atoms with Crippen LogP contribution in [0.2, 0.25) is 10.0 Å². The molecule has 0 saturated heterocycles. The topological polar surface area (TPSA) is 56.7 Å². The molecular formula is C16H25Cl2IN4O. The normalized spacial score (nSPS) is 11.0. The molecule has 0 fully saturated rings. The summed E-state index contributed by atoms with van der Waals surface area (Å²) in [5, 5.41) is 7.15. The number of carbonyl (C=O) groups excluding carboxylic acids is 1. The van der Waals surface area contributed by atoms with Gasteiger partial charge in [0.05, 0.1) is 10.0 Å². The van der Waals surface area contributed by atoms with E-state index in [4.69, 9.17) is 23.2 Å². The number of hydrogen-bond acceptors (Lipinski definition) is 2. The highest BCUT2D eigenvalue weighted by molar-refractivity contribution is 14.0. The molecule has 1 amide bonds. The Kier molecular flexibility index (Phi) is 11.4. The van der Waals surface area contributed by atoms with Gasteiger partial charge in [0.15, 0.2) is 5.96 Å². The molecule has 0 heterocycles. The second-order valence-electron chi connectivity index (χ2n) is 5.52. The lowest BCUT2D eigenvalue weighted by Gasteiger charge is -2.22. The first kappa shape index (κ1) is 23.3. The van der Waals surface area contributed by atoms with Gasteiger partial charge in [0.1, 0.15) is 0 Å². The third-order valence-corrected chi connectivity index (χ3v) is 3.95. The Morgan fingerprint density at radius 1 is 1.21 bits per heavy atom. The first-order valence-corrected chi connectivity index (χ1v) is 8.24. The van der Waals surface area contributed by atoms with Gasteiger partial charge in [0.2, 0.25) is 5.91 Å². The van der Waals surface area contributed by atoms with Crippen LogP contribution < -0.4 is 10.6 Å². The molecule has 24 heavy (non-hydrogen) atoms. The third-order valence-electron chi connectivity index (χ3n) is 3.21. The second-order valence-corrected chi connectivity index (χ2v) is 6.34. The highest BCUT2D eigenvalue weighted by Crippen LogP contribution is 2.23. The molecule has 136 valence electrons. The van der Waals surface area contributed by atoms with Crippen LogP contribution in [0, 0.1) is 5.92 Å². The van der Waals surface area contributed by atoms with Crippen LogP contribution in [0.4, 0.5) is 0 Å². The number of nitrogens with one attached hydrogen (secondary N) is 2. The highest BCUT2D eigenvalue weighted by Gasteiger charge is 2.09. The van der Waals surface area contributed by atoms with Crippen molar-refractivity contribution in [2.45, 2.75) is 20.4 Å². The number of nitrogens with zero attached hydrogens (tertiary/aromatic N) is 2. The second kappa shape index (κ2) is 11.8. The summed E-state index contributed by atoms with van der Waals surface area (Å²) in [6, 6.07) is 5.56. The van der Waals surface area contributed by atoms with E-state index in [1.54, 1.807) is 13.1 Å². The summed E-state index contributed by atoms with van der Waals surface area (Å²) in [7, 11) is 3.66. The summed E-state index contributed by atoms with van der Waals surface area (Å²) in [5.41, 5.74) is 1.04. The molecule has 8 heteroatoms. The van der Waals surface area contributed by atoms with Crippen LogP contribution in [-0.2, 0) is 11.3 Å². The van der Waals surface area contributed by atoms with Crippen LogP contribution in [0.15, 0.2) is 23.2 Å². The largest absolute Gasteiger partial charge is 0.354 e. The van der Waals surface area contributed by atoms with E-state index in [0.717, 1.165) is 11.5 Å². The molecule has 1 rings (SSSR count). The molecular weight excluding hydrogens is 462 g/mol. The zero-order valence-electron chi connectivity index (χ0n) is 14.4. The Labute approximate surface area is 171 Å². The van der Waals surface area contributed by atoms with Gasteiger partial charge in [-0.05, 0) is 17.7 Å². The van der Waals surface area contributed by atoms with E-state index in [2.05, 4.69) is 15.6 Å². The van der Waals surface area contributed by atoms with Crippen molar-refractivity contribution >= 4 is 59.0 Å². The summed E-state index contributed by atoms with van der Waals surface area (Å²) in [6.45, 7) is 5.54. The van der Waals surface area contributed by atoms with Gasteiger partial charge in [-0.2, -0.15) is 0 Å². The number of rotatable bonds is 6. The summed E-state index contributed by atoms with van der Waals surface area (Å²) in [6.07, 6.45) is 0. The maximum Gasteiger partial charge on any atom is 0.222 e. The van der Waals surface area contributed by atoms with E-state index >= 15 is 0 Å². The Morgan fingerprint density at radius 3 is 2.38 bits per heavy atom. The van der Waals surface area contributed by atoms with Crippen molar-refractivity contribution in [1.29, 1.82) is 0 Å². The van der Waals surface area contributed by atoms with Crippen molar-refractivity contribution in [1.82, 2.24) is 15.5 Å².